The zero-order valence-electron chi connectivity index (χ0n) is 12.2. The summed E-state index contributed by atoms with van der Waals surface area (Å²) in [5.74, 6) is 5.72. The summed E-state index contributed by atoms with van der Waals surface area (Å²) in [5.41, 5.74) is 5.58. The molecular formula is C16H27BrN2. The number of rotatable bonds is 9. The second kappa shape index (κ2) is 9.51. The number of benzene rings is 1. The molecule has 0 saturated heterocycles. The number of nitrogens with one attached hydrogen (secondary N) is 1. The highest BCUT2D eigenvalue weighted by Gasteiger charge is 2.12. The van der Waals surface area contributed by atoms with Gasteiger partial charge in [0.2, 0.25) is 0 Å². The van der Waals surface area contributed by atoms with Gasteiger partial charge >= 0.3 is 0 Å². The zero-order valence-corrected chi connectivity index (χ0v) is 13.8. The van der Waals surface area contributed by atoms with Crippen molar-refractivity contribution in [3.63, 3.8) is 0 Å². The number of nitrogens with two attached hydrogens (primary N) is 1. The second-order valence-corrected chi connectivity index (χ2v) is 6.19. The van der Waals surface area contributed by atoms with Gasteiger partial charge in [0.25, 0.3) is 0 Å². The van der Waals surface area contributed by atoms with E-state index in [2.05, 4.69) is 53.4 Å². The van der Waals surface area contributed by atoms with Crippen LogP contribution in [0.1, 0.15) is 69.0 Å². The summed E-state index contributed by atoms with van der Waals surface area (Å²) < 4.78 is 1.12. The zero-order chi connectivity index (χ0) is 14.1. The van der Waals surface area contributed by atoms with Crippen molar-refractivity contribution in [1.29, 1.82) is 0 Å². The molecule has 3 heteroatoms. The molecule has 0 aliphatic heterocycles. The molecule has 0 spiro atoms. The van der Waals surface area contributed by atoms with Gasteiger partial charge in [-0.15, -0.1) is 0 Å². The van der Waals surface area contributed by atoms with E-state index < -0.39 is 0 Å². The maximum atomic E-state index is 5.72. The predicted molar refractivity (Wildman–Crippen MR) is 86.9 cm³/mol. The van der Waals surface area contributed by atoms with Crippen LogP contribution in [0.15, 0.2) is 22.7 Å². The van der Waals surface area contributed by atoms with E-state index in [-0.39, 0.29) is 6.04 Å². The lowest BCUT2D eigenvalue weighted by molar-refractivity contribution is 0.475. The minimum absolute atomic E-state index is 0.267. The summed E-state index contributed by atoms with van der Waals surface area (Å²) >= 11 is 3.54. The lowest BCUT2D eigenvalue weighted by atomic mass is 9.96. The summed E-state index contributed by atoms with van der Waals surface area (Å²) in [6.45, 7) is 4.40. The summed E-state index contributed by atoms with van der Waals surface area (Å²) in [6.07, 6.45) is 9.05. The Morgan fingerprint density at radius 2 is 1.84 bits per heavy atom. The molecule has 0 bridgehead atoms. The minimum atomic E-state index is 0.267. The van der Waals surface area contributed by atoms with Gasteiger partial charge in [0.05, 0.1) is 0 Å². The van der Waals surface area contributed by atoms with Crippen LogP contribution in [0.2, 0.25) is 0 Å². The van der Waals surface area contributed by atoms with Gasteiger partial charge in [0, 0.05) is 10.5 Å². The fourth-order valence-electron chi connectivity index (χ4n) is 2.44. The van der Waals surface area contributed by atoms with E-state index in [0.29, 0.717) is 0 Å². The minimum Gasteiger partial charge on any atom is -0.271 e. The number of unbranched alkanes of at least 4 members (excludes halogenated alkanes) is 5. The molecule has 2 nitrogen and oxygen atoms in total. The Labute approximate surface area is 126 Å². The molecule has 3 N–H and O–H groups in total. The third-order valence-electron chi connectivity index (χ3n) is 3.66. The third kappa shape index (κ3) is 6.07. The summed E-state index contributed by atoms with van der Waals surface area (Å²) in [4.78, 5) is 0. The highest BCUT2D eigenvalue weighted by atomic mass is 79.9. The Morgan fingerprint density at radius 1 is 1.16 bits per heavy atom. The fraction of sp³-hybridized carbons (Fsp3) is 0.625. The van der Waals surface area contributed by atoms with Gasteiger partial charge < -0.3 is 0 Å². The Balaban J connectivity index is 2.42. The van der Waals surface area contributed by atoms with E-state index in [1.54, 1.807) is 0 Å². The Bertz CT molecular complexity index is 366. The van der Waals surface area contributed by atoms with Crippen LogP contribution in [0.25, 0.3) is 0 Å². The average molecular weight is 327 g/mol. The molecule has 1 atom stereocenters. The first-order valence-corrected chi connectivity index (χ1v) is 8.20. The molecule has 0 aromatic heterocycles. The van der Waals surface area contributed by atoms with Gasteiger partial charge in [0.15, 0.2) is 0 Å². The Hall–Kier alpha value is -0.380. The van der Waals surface area contributed by atoms with Crippen LogP contribution in [0.5, 0.6) is 0 Å². The standard InChI is InChI=1S/C16H27BrN2/c1-3-4-5-6-7-8-9-16(19-18)15-12-14(17)11-10-13(15)2/h10-12,16,19H,3-9,18H2,1-2H3. The molecule has 0 radical (unpaired) electrons. The van der Waals surface area contributed by atoms with Crippen LogP contribution in [-0.2, 0) is 0 Å². The first-order valence-electron chi connectivity index (χ1n) is 7.41. The topological polar surface area (TPSA) is 38.0 Å². The Morgan fingerprint density at radius 3 is 2.53 bits per heavy atom. The molecule has 0 aliphatic rings. The molecule has 0 heterocycles. The molecule has 1 rings (SSSR count). The molecule has 0 amide bonds. The Kier molecular flexibility index (Phi) is 8.35. The van der Waals surface area contributed by atoms with E-state index in [0.717, 1.165) is 10.9 Å². The highest BCUT2D eigenvalue weighted by molar-refractivity contribution is 9.10. The van der Waals surface area contributed by atoms with Gasteiger partial charge in [-0.1, -0.05) is 67.4 Å². The molecule has 19 heavy (non-hydrogen) atoms. The van der Waals surface area contributed by atoms with E-state index in [9.17, 15) is 0 Å². The van der Waals surface area contributed by atoms with Crippen molar-refractivity contribution in [2.45, 2.75) is 64.8 Å². The van der Waals surface area contributed by atoms with Crippen molar-refractivity contribution in [3.05, 3.63) is 33.8 Å². The molecular weight excluding hydrogens is 300 g/mol. The van der Waals surface area contributed by atoms with E-state index >= 15 is 0 Å². The van der Waals surface area contributed by atoms with Crippen molar-refractivity contribution >= 4 is 15.9 Å². The van der Waals surface area contributed by atoms with E-state index in [1.807, 2.05) is 0 Å². The molecule has 1 aromatic carbocycles. The molecule has 108 valence electrons. The van der Waals surface area contributed by atoms with Crippen molar-refractivity contribution < 1.29 is 0 Å². The monoisotopic (exact) mass is 326 g/mol. The summed E-state index contributed by atoms with van der Waals surface area (Å²) in [7, 11) is 0. The average Bonchev–Trinajstić information content (AvgIpc) is 2.41. The quantitative estimate of drug-likeness (QED) is 0.380. The number of hydrogen-bond donors (Lipinski definition) is 2. The van der Waals surface area contributed by atoms with Crippen molar-refractivity contribution in [2.24, 2.45) is 5.84 Å². The van der Waals surface area contributed by atoms with Gasteiger partial charge in [-0.3, -0.25) is 11.3 Å². The van der Waals surface area contributed by atoms with Gasteiger partial charge in [0.1, 0.15) is 0 Å². The molecule has 0 fully saturated rings. The molecule has 1 aromatic rings. The first-order chi connectivity index (χ1) is 9.19. The van der Waals surface area contributed by atoms with Crippen molar-refractivity contribution in [3.8, 4) is 0 Å². The third-order valence-corrected chi connectivity index (χ3v) is 4.16. The van der Waals surface area contributed by atoms with Crippen molar-refractivity contribution in [2.75, 3.05) is 0 Å². The number of aryl methyl sites for hydroxylation is 1. The van der Waals surface area contributed by atoms with E-state index in [1.165, 1.54) is 49.7 Å². The van der Waals surface area contributed by atoms with Crippen LogP contribution in [0.4, 0.5) is 0 Å². The SMILES string of the molecule is CCCCCCCCC(NN)c1cc(Br)ccc1C. The molecule has 0 aliphatic carbocycles. The summed E-state index contributed by atoms with van der Waals surface area (Å²) in [6, 6.07) is 6.67. The second-order valence-electron chi connectivity index (χ2n) is 5.28. The number of hydrogen-bond acceptors (Lipinski definition) is 2. The smallest absolute Gasteiger partial charge is 0.0463 e. The number of hydrazine groups is 1. The lowest BCUT2D eigenvalue weighted by Crippen LogP contribution is -2.28. The summed E-state index contributed by atoms with van der Waals surface area (Å²) in [5, 5.41) is 0. The largest absolute Gasteiger partial charge is 0.271 e. The van der Waals surface area contributed by atoms with Crippen LogP contribution >= 0.6 is 15.9 Å². The van der Waals surface area contributed by atoms with Gasteiger partial charge in [-0.05, 0) is 36.6 Å². The van der Waals surface area contributed by atoms with Crippen LogP contribution < -0.4 is 11.3 Å². The first kappa shape index (κ1) is 16.7. The normalized spacial score (nSPS) is 12.6. The van der Waals surface area contributed by atoms with Gasteiger partial charge in [-0.25, -0.2) is 0 Å². The maximum Gasteiger partial charge on any atom is 0.0463 e. The number of halogens is 1. The molecule has 0 saturated carbocycles. The fourth-order valence-corrected chi connectivity index (χ4v) is 2.82. The highest BCUT2D eigenvalue weighted by Crippen LogP contribution is 2.25. The van der Waals surface area contributed by atoms with E-state index in [4.69, 9.17) is 5.84 Å². The van der Waals surface area contributed by atoms with Crippen LogP contribution in [0, 0.1) is 6.92 Å². The van der Waals surface area contributed by atoms with Crippen LogP contribution in [-0.4, -0.2) is 0 Å². The molecule has 1 unspecified atom stereocenters. The lowest BCUT2D eigenvalue weighted by Gasteiger charge is -2.19. The van der Waals surface area contributed by atoms with Crippen molar-refractivity contribution in [1.82, 2.24) is 5.43 Å². The predicted octanol–water partition coefficient (Wildman–Crippen LogP) is 5.01. The van der Waals surface area contributed by atoms with Gasteiger partial charge in [-0.2, -0.15) is 0 Å². The maximum absolute atomic E-state index is 5.72. The van der Waals surface area contributed by atoms with Crippen LogP contribution in [0.3, 0.4) is 0 Å².